The zero-order valence-corrected chi connectivity index (χ0v) is 13.9. The molecule has 5 heteroatoms. The zero-order chi connectivity index (χ0) is 14.7. The summed E-state index contributed by atoms with van der Waals surface area (Å²) >= 11 is 3.60. The number of benzene rings is 1. The molecular formula is C15H20BrN3O. The minimum absolute atomic E-state index is 0.501. The maximum Gasteiger partial charge on any atom is 0.131 e. The Balaban J connectivity index is 2.13. The number of aromatic nitrogens is 2. The predicted octanol–water partition coefficient (Wildman–Crippen LogP) is 3.39. The molecule has 1 heterocycles. The van der Waals surface area contributed by atoms with Crippen LogP contribution >= 0.6 is 15.9 Å². The molecule has 0 saturated carbocycles. The van der Waals surface area contributed by atoms with Gasteiger partial charge in [-0.25, -0.2) is 0 Å². The van der Waals surface area contributed by atoms with E-state index in [1.165, 1.54) is 0 Å². The van der Waals surface area contributed by atoms with Crippen molar-refractivity contribution in [3.63, 3.8) is 0 Å². The standard InChI is InChI=1S/C15H20BrN3O/c1-5-13-15(16)14(19(4)17-13)10-20-12-8-6-7-11(9-12)18(2)3/h6-9H,5,10H2,1-4H3. The number of ether oxygens (including phenoxy) is 1. The van der Waals surface area contributed by atoms with Gasteiger partial charge in [-0.05, 0) is 34.5 Å². The highest BCUT2D eigenvalue weighted by Gasteiger charge is 2.13. The number of halogens is 1. The molecule has 108 valence electrons. The number of anilines is 1. The molecule has 0 aliphatic rings. The van der Waals surface area contributed by atoms with E-state index >= 15 is 0 Å². The fraction of sp³-hybridized carbons (Fsp3) is 0.400. The Labute approximate surface area is 128 Å². The number of aryl methyl sites for hydroxylation is 2. The van der Waals surface area contributed by atoms with E-state index in [1.807, 2.05) is 44.0 Å². The van der Waals surface area contributed by atoms with Crippen molar-refractivity contribution in [2.24, 2.45) is 7.05 Å². The maximum absolute atomic E-state index is 5.88. The van der Waals surface area contributed by atoms with Crippen molar-refractivity contribution in [1.29, 1.82) is 0 Å². The van der Waals surface area contributed by atoms with Crippen LogP contribution in [0.2, 0.25) is 0 Å². The van der Waals surface area contributed by atoms with Gasteiger partial charge in [0.25, 0.3) is 0 Å². The lowest BCUT2D eigenvalue weighted by atomic mass is 10.3. The molecule has 0 spiro atoms. The molecule has 0 bridgehead atoms. The van der Waals surface area contributed by atoms with Crippen molar-refractivity contribution in [2.75, 3.05) is 19.0 Å². The third-order valence-electron chi connectivity index (χ3n) is 3.21. The smallest absolute Gasteiger partial charge is 0.131 e. The van der Waals surface area contributed by atoms with Crippen LogP contribution in [0.1, 0.15) is 18.3 Å². The summed E-state index contributed by atoms with van der Waals surface area (Å²) in [6.07, 6.45) is 0.907. The molecule has 2 aromatic rings. The second-order valence-corrected chi connectivity index (χ2v) is 5.66. The molecule has 0 amide bonds. The Hall–Kier alpha value is -1.49. The van der Waals surface area contributed by atoms with Crippen LogP contribution in [0.25, 0.3) is 0 Å². The first-order chi connectivity index (χ1) is 9.52. The quantitative estimate of drug-likeness (QED) is 0.837. The largest absolute Gasteiger partial charge is 0.487 e. The van der Waals surface area contributed by atoms with E-state index in [1.54, 1.807) is 0 Å². The molecule has 0 aliphatic heterocycles. The van der Waals surface area contributed by atoms with Gasteiger partial charge in [-0.2, -0.15) is 5.10 Å². The molecule has 0 aliphatic carbocycles. The van der Waals surface area contributed by atoms with E-state index in [2.05, 4.69) is 38.9 Å². The molecule has 0 radical (unpaired) electrons. The first-order valence-corrected chi connectivity index (χ1v) is 7.42. The Morgan fingerprint density at radius 3 is 2.70 bits per heavy atom. The topological polar surface area (TPSA) is 30.3 Å². The van der Waals surface area contributed by atoms with Crippen LogP contribution in [0.15, 0.2) is 28.7 Å². The van der Waals surface area contributed by atoms with E-state index in [-0.39, 0.29) is 0 Å². The van der Waals surface area contributed by atoms with E-state index in [9.17, 15) is 0 Å². The van der Waals surface area contributed by atoms with E-state index in [4.69, 9.17) is 4.74 Å². The Bertz CT molecular complexity index is 593. The molecule has 0 N–H and O–H groups in total. The van der Waals surface area contributed by atoms with E-state index < -0.39 is 0 Å². The molecule has 0 atom stereocenters. The van der Waals surface area contributed by atoms with Crippen LogP contribution in [0.5, 0.6) is 5.75 Å². The summed E-state index contributed by atoms with van der Waals surface area (Å²) in [5.41, 5.74) is 3.24. The van der Waals surface area contributed by atoms with Gasteiger partial charge in [0.05, 0.1) is 15.9 Å². The van der Waals surface area contributed by atoms with Crippen LogP contribution < -0.4 is 9.64 Å². The minimum atomic E-state index is 0.501. The van der Waals surface area contributed by atoms with Crippen LogP contribution in [0.3, 0.4) is 0 Å². The van der Waals surface area contributed by atoms with Crippen molar-refractivity contribution >= 4 is 21.6 Å². The van der Waals surface area contributed by atoms with Gasteiger partial charge in [0.15, 0.2) is 0 Å². The summed E-state index contributed by atoms with van der Waals surface area (Å²) in [4.78, 5) is 2.06. The number of rotatable bonds is 5. The minimum Gasteiger partial charge on any atom is -0.487 e. The van der Waals surface area contributed by atoms with E-state index in [0.29, 0.717) is 6.61 Å². The van der Waals surface area contributed by atoms with Gasteiger partial charge in [-0.1, -0.05) is 13.0 Å². The molecule has 2 rings (SSSR count). The number of hydrogen-bond acceptors (Lipinski definition) is 3. The Morgan fingerprint density at radius 2 is 2.10 bits per heavy atom. The summed E-state index contributed by atoms with van der Waals surface area (Å²) in [7, 11) is 5.98. The average molecular weight is 338 g/mol. The normalized spacial score (nSPS) is 10.7. The van der Waals surface area contributed by atoms with Gasteiger partial charge in [-0.15, -0.1) is 0 Å². The summed E-state index contributed by atoms with van der Waals surface area (Å²) in [5, 5.41) is 4.47. The van der Waals surface area contributed by atoms with Crippen molar-refractivity contribution in [3.8, 4) is 5.75 Å². The Morgan fingerprint density at radius 1 is 1.35 bits per heavy atom. The van der Waals surface area contributed by atoms with Crippen molar-refractivity contribution in [3.05, 3.63) is 40.1 Å². The molecular weight excluding hydrogens is 318 g/mol. The maximum atomic E-state index is 5.88. The van der Waals surface area contributed by atoms with Gasteiger partial charge in [-0.3, -0.25) is 4.68 Å². The summed E-state index contributed by atoms with van der Waals surface area (Å²) < 4.78 is 8.81. The van der Waals surface area contributed by atoms with Gasteiger partial charge >= 0.3 is 0 Å². The van der Waals surface area contributed by atoms with Gasteiger partial charge in [0, 0.05) is 32.9 Å². The molecule has 1 aromatic heterocycles. The molecule has 20 heavy (non-hydrogen) atoms. The lowest BCUT2D eigenvalue weighted by Gasteiger charge is -2.14. The molecule has 0 fully saturated rings. The predicted molar refractivity (Wildman–Crippen MR) is 85.4 cm³/mol. The average Bonchev–Trinajstić information content (AvgIpc) is 2.71. The lowest BCUT2D eigenvalue weighted by molar-refractivity contribution is 0.294. The third-order valence-corrected chi connectivity index (χ3v) is 4.13. The third kappa shape index (κ3) is 3.15. The molecule has 1 aromatic carbocycles. The fourth-order valence-electron chi connectivity index (χ4n) is 1.98. The second-order valence-electron chi connectivity index (χ2n) is 4.86. The Kier molecular flexibility index (Phi) is 4.70. The lowest BCUT2D eigenvalue weighted by Crippen LogP contribution is -2.09. The first kappa shape index (κ1) is 14.9. The summed E-state index contributed by atoms with van der Waals surface area (Å²) in [6.45, 7) is 2.60. The van der Waals surface area contributed by atoms with Crippen LogP contribution in [-0.4, -0.2) is 23.9 Å². The molecule has 4 nitrogen and oxygen atoms in total. The first-order valence-electron chi connectivity index (χ1n) is 6.63. The van der Waals surface area contributed by atoms with Crippen LogP contribution in [0.4, 0.5) is 5.69 Å². The van der Waals surface area contributed by atoms with Crippen LogP contribution in [-0.2, 0) is 20.1 Å². The van der Waals surface area contributed by atoms with Crippen molar-refractivity contribution in [1.82, 2.24) is 9.78 Å². The highest BCUT2D eigenvalue weighted by Crippen LogP contribution is 2.24. The SMILES string of the molecule is CCc1nn(C)c(COc2cccc(N(C)C)c2)c1Br. The van der Waals surface area contributed by atoms with Crippen LogP contribution in [0, 0.1) is 0 Å². The van der Waals surface area contributed by atoms with Gasteiger partial charge in [0.1, 0.15) is 12.4 Å². The van der Waals surface area contributed by atoms with Gasteiger partial charge in [0.2, 0.25) is 0 Å². The number of hydrogen-bond donors (Lipinski definition) is 0. The summed E-state index contributed by atoms with van der Waals surface area (Å²) in [6, 6.07) is 8.06. The fourth-order valence-corrected chi connectivity index (χ4v) is 2.71. The second kappa shape index (κ2) is 6.31. The monoisotopic (exact) mass is 337 g/mol. The number of nitrogens with zero attached hydrogens (tertiary/aromatic N) is 3. The molecule has 0 saturated heterocycles. The highest BCUT2D eigenvalue weighted by atomic mass is 79.9. The van der Waals surface area contributed by atoms with Crippen molar-refractivity contribution < 1.29 is 4.74 Å². The molecule has 0 unspecified atom stereocenters. The van der Waals surface area contributed by atoms with Gasteiger partial charge < -0.3 is 9.64 Å². The van der Waals surface area contributed by atoms with E-state index in [0.717, 1.165) is 33.7 Å². The summed E-state index contributed by atoms with van der Waals surface area (Å²) in [5.74, 6) is 0.863. The highest BCUT2D eigenvalue weighted by molar-refractivity contribution is 9.10. The zero-order valence-electron chi connectivity index (χ0n) is 12.4. The van der Waals surface area contributed by atoms with Crippen molar-refractivity contribution in [2.45, 2.75) is 20.0 Å².